The van der Waals surface area contributed by atoms with Crippen molar-refractivity contribution in [2.45, 2.75) is 6.42 Å². The van der Waals surface area contributed by atoms with E-state index in [1.165, 1.54) is 24.3 Å². The lowest BCUT2D eigenvalue weighted by Gasteiger charge is -2.24. The van der Waals surface area contributed by atoms with E-state index in [0.717, 1.165) is 0 Å². The van der Waals surface area contributed by atoms with Crippen molar-refractivity contribution >= 4 is 11.4 Å². The smallest absolute Gasteiger partial charge is 0.233 e. The number of allylic oxidation sites excluding steroid dienone is 6. The van der Waals surface area contributed by atoms with Crippen LogP contribution in [0.4, 0.5) is 5.69 Å². The van der Waals surface area contributed by atoms with Crippen molar-refractivity contribution in [3.63, 3.8) is 0 Å². The zero-order valence-electron chi connectivity index (χ0n) is 10.8. The lowest BCUT2D eigenvalue weighted by molar-refractivity contribution is -0.377. The normalized spacial score (nSPS) is 16.0. The highest BCUT2D eigenvalue weighted by molar-refractivity contribution is 6.08. The molecule has 0 radical (unpaired) electrons. The largest absolute Gasteiger partial charge is 0.733 e. The van der Waals surface area contributed by atoms with E-state index in [4.69, 9.17) is 5.21 Å². The second-order valence-corrected chi connectivity index (χ2v) is 4.30. The summed E-state index contributed by atoms with van der Waals surface area (Å²) in [5.41, 5.74) is 0.177. The highest BCUT2D eigenvalue weighted by atomic mass is 16.8. The van der Waals surface area contributed by atoms with Crippen LogP contribution in [0.5, 0.6) is 0 Å². The molecule has 0 fully saturated rings. The molecular formula is C14H12N2O5-2. The molecule has 7 nitrogen and oxygen atoms in total. The van der Waals surface area contributed by atoms with Crippen LogP contribution in [0.2, 0.25) is 0 Å². The molecule has 1 aliphatic carbocycles. The number of para-hydroxylation sites is 1. The summed E-state index contributed by atoms with van der Waals surface area (Å²) in [6.07, 6.45) is 5.65. The minimum absolute atomic E-state index is 0.0253. The Bertz CT molecular complexity index is 655. The fourth-order valence-electron chi connectivity index (χ4n) is 2.00. The van der Waals surface area contributed by atoms with Crippen LogP contribution in [0.3, 0.4) is 0 Å². The quantitative estimate of drug-likeness (QED) is 0.501. The Morgan fingerprint density at radius 3 is 2.48 bits per heavy atom. The molecular weight excluding hydrogens is 276 g/mol. The molecule has 0 atom stereocenters. The van der Waals surface area contributed by atoms with Gasteiger partial charge in [-0.15, -0.1) is 0 Å². The van der Waals surface area contributed by atoms with Crippen LogP contribution in [0.25, 0.3) is 0 Å². The van der Waals surface area contributed by atoms with E-state index < -0.39 is 4.90 Å². The number of nitrogens with zero attached hydrogens (tertiary/aromatic N) is 2. The average molecular weight is 288 g/mol. The molecule has 21 heavy (non-hydrogen) atoms. The number of benzene rings is 1. The molecule has 0 aromatic heterocycles. The summed E-state index contributed by atoms with van der Waals surface area (Å²) in [7, 11) is 0. The van der Waals surface area contributed by atoms with Crippen molar-refractivity contribution in [2.24, 2.45) is 0 Å². The predicted molar refractivity (Wildman–Crippen MR) is 77.7 cm³/mol. The second kappa shape index (κ2) is 6.12. The lowest BCUT2D eigenvalue weighted by Crippen LogP contribution is -2.15. The third-order valence-corrected chi connectivity index (χ3v) is 2.97. The molecule has 0 unspecified atom stereocenters. The van der Waals surface area contributed by atoms with Gasteiger partial charge in [-0.05, 0) is 17.7 Å². The van der Waals surface area contributed by atoms with Crippen LogP contribution >= 0.6 is 0 Å². The van der Waals surface area contributed by atoms with Gasteiger partial charge in [0.25, 0.3) is 0 Å². The van der Waals surface area contributed by atoms with E-state index >= 15 is 0 Å². The van der Waals surface area contributed by atoms with Gasteiger partial charge in [0.15, 0.2) is 0 Å². The fraction of sp³-hybridized carbons (Fsp3) is 0.0714. The Hall–Kier alpha value is -2.77. The van der Waals surface area contributed by atoms with Crippen LogP contribution in [0, 0.1) is 15.6 Å². The average Bonchev–Trinajstić information content (AvgIpc) is 2.47. The number of aliphatic hydroxyl groups is 1. The molecule has 110 valence electrons. The van der Waals surface area contributed by atoms with E-state index in [2.05, 4.69) is 0 Å². The highest BCUT2D eigenvalue weighted by Crippen LogP contribution is 2.23. The lowest BCUT2D eigenvalue weighted by atomic mass is 9.99. The third kappa shape index (κ3) is 3.22. The molecule has 0 heterocycles. The highest BCUT2D eigenvalue weighted by Gasteiger charge is 2.17. The first-order valence-electron chi connectivity index (χ1n) is 6.03. The number of rotatable bonds is 3. The second-order valence-electron chi connectivity index (χ2n) is 4.30. The maximum Gasteiger partial charge on any atom is 0.233 e. The summed E-state index contributed by atoms with van der Waals surface area (Å²) in [6.45, 7) is 0. The molecule has 7 heteroatoms. The SMILES string of the molecule is [O-]N(O)c1ccccc1CC(O)=C1C=CC=CC1=[N+]([O-])[O-]. The van der Waals surface area contributed by atoms with Gasteiger partial charge < -0.3 is 26.0 Å². The Morgan fingerprint density at radius 2 is 1.81 bits per heavy atom. The van der Waals surface area contributed by atoms with Gasteiger partial charge in [-0.3, -0.25) is 5.21 Å². The van der Waals surface area contributed by atoms with Crippen LogP contribution in [-0.2, 0) is 6.42 Å². The van der Waals surface area contributed by atoms with Gasteiger partial charge in [-0.1, -0.05) is 30.4 Å². The number of hydrogen-bond acceptors (Lipinski definition) is 6. The maximum absolute atomic E-state index is 11.0. The zero-order valence-corrected chi connectivity index (χ0v) is 10.8. The van der Waals surface area contributed by atoms with Gasteiger partial charge in [0, 0.05) is 12.5 Å². The van der Waals surface area contributed by atoms with Crippen LogP contribution in [0.1, 0.15) is 5.56 Å². The van der Waals surface area contributed by atoms with Crippen LogP contribution in [-0.4, -0.2) is 20.9 Å². The molecule has 0 amide bonds. The molecule has 1 aromatic carbocycles. The van der Waals surface area contributed by atoms with E-state index in [0.29, 0.717) is 5.56 Å². The van der Waals surface area contributed by atoms with E-state index in [-0.39, 0.29) is 34.4 Å². The monoisotopic (exact) mass is 288 g/mol. The minimum atomic E-state index is -0.594. The van der Waals surface area contributed by atoms with Gasteiger partial charge in [0.05, 0.1) is 11.3 Å². The molecule has 2 rings (SSSR count). The zero-order chi connectivity index (χ0) is 15.4. The Balaban J connectivity index is 2.40. The molecule has 0 saturated carbocycles. The van der Waals surface area contributed by atoms with E-state index in [1.54, 1.807) is 24.3 Å². The Kier molecular flexibility index (Phi) is 4.27. The first kappa shape index (κ1) is 14.6. The number of aliphatic hydroxyl groups excluding tert-OH is 1. The Labute approximate surface area is 120 Å². The van der Waals surface area contributed by atoms with Crippen molar-refractivity contribution in [3.8, 4) is 0 Å². The van der Waals surface area contributed by atoms with Crippen molar-refractivity contribution in [1.82, 2.24) is 0 Å². The minimum Gasteiger partial charge on any atom is -0.733 e. The Morgan fingerprint density at radius 1 is 1.14 bits per heavy atom. The molecule has 1 aromatic rings. The van der Waals surface area contributed by atoms with Crippen molar-refractivity contribution in [1.29, 1.82) is 0 Å². The summed E-state index contributed by atoms with van der Waals surface area (Å²) in [6, 6.07) is 6.12. The van der Waals surface area contributed by atoms with Crippen LogP contribution < -0.4 is 5.23 Å². The summed E-state index contributed by atoms with van der Waals surface area (Å²) < 4.78 is 0. The molecule has 0 bridgehead atoms. The fourth-order valence-corrected chi connectivity index (χ4v) is 2.00. The molecule has 0 aliphatic heterocycles. The first-order valence-corrected chi connectivity index (χ1v) is 6.03. The van der Waals surface area contributed by atoms with Gasteiger partial charge in [0.1, 0.15) is 5.76 Å². The number of anilines is 1. The van der Waals surface area contributed by atoms with E-state index in [1.807, 2.05) is 0 Å². The number of hydrogen-bond donors (Lipinski definition) is 2. The standard InChI is InChI=1S/C14H12N2O5/c17-14(11-6-2-4-8-13(11)16(20)21)9-10-5-1-3-7-12(10)15(18)19/h1-8,18H,9H2,(H-,17,20,21)/q-2. The van der Waals surface area contributed by atoms with Gasteiger partial charge in [-0.2, -0.15) is 4.90 Å². The van der Waals surface area contributed by atoms with Crippen LogP contribution in [0.15, 0.2) is 59.9 Å². The summed E-state index contributed by atoms with van der Waals surface area (Å²) in [5, 5.41) is 51.7. The maximum atomic E-state index is 11.0. The molecule has 1 aliphatic rings. The first-order chi connectivity index (χ1) is 10.0. The van der Waals surface area contributed by atoms with Crippen molar-refractivity contribution in [3.05, 3.63) is 81.1 Å². The molecule has 0 spiro atoms. The van der Waals surface area contributed by atoms with Gasteiger partial charge >= 0.3 is 0 Å². The summed E-state index contributed by atoms with van der Waals surface area (Å²) >= 11 is 0. The third-order valence-electron chi connectivity index (χ3n) is 2.97. The summed E-state index contributed by atoms with van der Waals surface area (Å²) in [4.78, 5) is -0.594. The van der Waals surface area contributed by atoms with Gasteiger partial charge in [-0.25, -0.2) is 0 Å². The van der Waals surface area contributed by atoms with Crippen molar-refractivity contribution < 1.29 is 15.2 Å². The summed E-state index contributed by atoms with van der Waals surface area (Å²) in [5.74, 6) is -0.253. The topological polar surface area (TPSA) is 116 Å². The predicted octanol–water partition coefficient (Wildman–Crippen LogP) is 2.31. The van der Waals surface area contributed by atoms with Gasteiger partial charge in [0.2, 0.25) is 5.71 Å². The van der Waals surface area contributed by atoms with Crippen molar-refractivity contribution in [2.75, 3.05) is 5.23 Å². The molecule has 0 saturated heterocycles. The van der Waals surface area contributed by atoms with E-state index in [9.17, 15) is 20.7 Å². The molecule has 2 N–H and O–H groups in total.